The van der Waals surface area contributed by atoms with E-state index in [1.165, 1.54) is 0 Å². The third-order valence-electron chi connectivity index (χ3n) is 4.31. The second-order valence-electron chi connectivity index (χ2n) is 6.09. The number of carbonyl (C=O) groups is 2. The third kappa shape index (κ3) is 3.33. The summed E-state index contributed by atoms with van der Waals surface area (Å²) in [5, 5.41) is 13.0. The number of aromatic nitrogens is 3. The summed E-state index contributed by atoms with van der Waals surface area (Å²) in [7, 11) is 0. The normalized spacial score (nSPS) is 18.3. The van der Waals surface area contributed by atoms with Crippen molar-refractivity contribution in [2.75, 3.05) is 13.1 Å². The van der Waals surface area contributed by atoms with Crippen molar-refractivity contribution in [3.63, 3.8) is 0 Å². The third-order valence-corrected chi connectivity index (χ3v) is 4.31. The minimum absolute atomic E-state index is 0.0712. The number of hydrogen-bond donors (Lipinski definition) is 1. The molecule has 1 fully saturated rings. The standard InChI is InChI=1S/C16H20N4O3/c1-11-6-8-20-15(18-11)13(9-17-20)16(23)19-7-2-3-12(10-19)4-5-14(21)22/h6,8-9,12H,2-5,7,10H2,1H3,(H,21,22). The Morgan fingerprint density at radius 1 is 1.43 bits per heavy atom. The van der Waals surface area contributed by atoms with Crippen LogP contribution < -0.4 is 0 Å². The monoisotopic (exact) mass is 316 g/mol. The van der Waals surface area contributed by atoms with Crippen molar-refractivity contribution in [1.82, 2.24) is 19.5 Å². The summed E-state index contributed by atoms with van der Waals surface area (Å²) in [6, 6.07) is 1.84. The summed E-state index contributed by atoms with van der Waals surface area (Å²) in [6.45, 7) is 3.19. The lowest BCUT2D eigenvalue weighted by Gasteiger charge is -2.32. The van der Waals surface area contributed by atoms with Gasteiger partial charge < -0.3 is 10.0 Å². The van der Waals surface area contributed by atoms with Gasteiger partial charge in [0.15, 0.2) is 5.65 Å². The Kier molecular flexibility index (Phi) is 4.27. The summed E-state index contributed by atoms with van der Waals surface area (Å²) in [5.74, 6) is -0.603. The molecule has 0 radical (unpaired) electrons. The molecular weight excluding hydrogens is 296 g/mol. The van der Waals surface area contributed by atoms with Gasteiger partial charge in [0.25, 0.3) is 5.91 Å². The molecule has 1 saturated heterocycles. The molecule has 7 heteroatoms. The largest absolute Gasteiger partial charge is 0.481 e. The van der Waals surface area contributed by atoms with Gasteiger partial charge in [-0.15, -0.1) is 0 Å². The number of hydrogen-bond acceptors (Lipinski definition) is 4. The number of piperidine rings is 1. The van der Waals surface area contributed by atoms with Gasteiger partial charge in [0.1, 0.15) is 5.56 Å². The van der Waals surface area contributed by atoms with Gasteiger partial charge >= 0.3 is 5.97 Å². The molecule has 3 heterocycles. The maximum atomic E-state index is 12.8. The van der Waals surface area contributed by atoms with Crippen molar-refractivity contribution in [1.29, 1.82) is 0 Å². The Morgan fingerprint density at radius 3 is 3.04 bits per heavy atom. The van der Waals surface area contributed by atoms with Crippen molar-refractivity contribution >= 4 is 17.5 Å². The van der Waals surface area contributed by atoms with Gasteiger partial charge in [-0.2, -0.15) is 5.10 Å². The summed E-state index contributed by atoms with van der Waals surface area (Å²) in [6.07, 6.45) is 6.01. The van der Waals surface area contributed by atoms with Crippen LogP contribution in [-0.2, 0) is 4.79 Å². The van der Waals surface area contributed by atoms with Gasteiger partial charge in [0.2, 0.25) is 0 Å². The first-order chi connectivity index (χ1) is 11.0. The SMILES string of the molecule is Cc1ccn2ncc(C(=O)N3CCCC(CCC(=O)O)C3)c2n1. The highest BCUT2D eigenvalue weighted by atomic mass is 16.4. The number of carboxylic acids is 1. The summed E-state index contributed by atoms with van der Waals surface area (Å²) in [5.41, 5.74) is 1.92. The van der Waals surface area contributed by atoms with Crippen LogP contribution in [0.4, 0.5) is 0 Å². The Morgan fingerprint density at radius 2 is 2.26 bits per heavy atom. The summed E-state index contributed by atoms with van der Waals surface area (Å²) in [4.78, 5) is 29.7. The number of amides is 1. The van der Waals surface area contributed by atoms with Crippen LogP contribution in [0.3, 0.4) is 0 Å². The van der Waals surface area contributed by atoms with Gasteiger partial charge in [0.05, 0.1) is 6.20 Å². The van der Waals surface area contributed by atoms with Crippen molar-refractivity contribution < 1.29 is 14.7 Å². The molecule has 1 unspecified atom stereocenters. The predicted molar refractivity (Wildman–Crippen MR) is 83.2 cm³/mol. The number of likely N-dealkylation sites (tertiary alicyclic amines) is 1. The van der Waals surface area contributed by atoms with E-state index in [9.17, 15) is 9.59 Å². The van der Waals surface area contributed by atoms with E-state index < -0.39 is 5.97 Å². The number of nitrogens with zero attached hydrogens (tertiary/aromatic N) is 4. The van der Waals surface area contributed by atoms with Crippen LogP contribution in [0.1, 0.15) is 41.7 Å². The summed E-state index contributed by atoms with van der Waals surface area (Å²) < 4.78 is 1.60. The van der Waals surface area contributed by atoms with E-state index >= 15 is 0 Å². The average molecular weight is 316 g/mol. The molecule has 1 amide bonds. The number of aliphatic carboxylic acids is 1. The van der Waals surface area contributed by atoms with E-state index in [1.807, 2.05) is 13.0 Å². The Labute approximate surface area is 133 Å². The number of aryl methyl sites for hydroxylation is 1. The van der Waals surface area contributed by atoms with Crippen molar-refractivity contribution in [2.45, 2.75) is 32.6 Å². The van der Waals surface area contributed by atoms with Crippen LogP contribution >= 0.6 is 0 Å². The van der Waals surface area contributed by atoms with Crippen LogP contribution in [0.5, 0.6) is 0 Å². The Bertz CT molecular complexity index is 740. The van der Waals surface area contributed by atoms with Crippen LogP contribution in [0.25, 0.3) is 5.65 Å². The molecule has 0 spiro atoms. The molecule has 1 aliphatic rings. The van der Waals surface area contributed by atoms with E-state index in [2.05, 4.69) is 10.1 Å². The van der Waals surface area contributed by atoms with Gasteiger partial charge in [0, 0.05) is 31.4 Å². The molecule has 7 nitrogen and oxygen atoms in total. The molecule has 0 bridgehead atoms. The lowest BCUT2D eigenvalue weighted by molar-refractivity contribution is -0.137. The fourth-order valence-corrected chi connectivity index (χ4v) is 3.09. The molecule has 0 saturated carbocycles. The number of rotatable bonds is 4. The predicted octanol–water partition coefficient (Wildman–Crippen LogP) is 1.75. The number of carboxylic acid groups (broad SMARTS) is 1. The zero-order valence-corrected chi connectivity index (χ0v) is 13.1. The number of carbonyl (C=O) groups excluding carboxylic acids is 1. The quantitative estimate of drug-likeness (QED) is 0.928. The van der Waals surface area contributed by atoms with Gasteiger partial charge in [-0.1, -0.05) is 0 Å². The minimum Gasteiger partial charge on any atom is -0.481 e. The second kappa shape index (κ2) is 6.36. The van der Waals surface area contributed by atoms with Crippen molar-refractivity contribution in [3.8, 4) is 0 Å². The maximum Gasteiger partial charge on any atom is 0.303 e. The van der Waals surface area contributed by atoms with E-state index in [0.717, 1.165) is 18.5 Å². The molecule has 2 aromatic rings. The molecule has 1 atom stereocenters. The fraction of sp³-hybridized carbons (Fsp3) is 0.500. The van der Waals surface area contributed by atoms with Gasteiger partial charge in [-0.25, -0.2) is 9.50 Å². The summed E-state index contributed by atoms with van der Waals surface area (Å²) >= 11 is 0. The first-order valence-corrected chi connectivity index (χ1v) is 7.86. The zero-order chi connectivity index (χ0) is 16.4. The van der Waals surface area contributed by atoms with Gasteiger partial charge in [-0.3, -0.25) is 9.59 Å². The second-order valence-corrected chi connectivity index (χ2v) is 6.09. The minimum atomic E-state index is -0.782. The maximum absolute atomic E-state index is 12.8. The highest BCUT2D eigenvalue weighted by molar-refractivity contribution is 5.99. The molecule has 0 aromatic carbocycles. The van der Waals surface area contributed by atoms with E-state index in [1.54, 1.807) is 21.8 Å². The molecule has 1 N–H and O–H groups in total. The molecule has 3 rings (SSSR count). The van der Waals surface area contributed by atoms with Gasteiger partial charge in [-0.05, 0) is 38.2 Å². The van der Waals surface area contributed by atoms with E-state index in [4.69, 9.17) is 5.11 Å². The molecule has 23 heavy (non-hydrogen) atoms. The molecular formula is C16H20N4O3. The van der Waals surface area contributed by atoms with Crippen molar-refractivity contribution in [3.05, 3.63) is 29.7 Å². The van der Waals surface area contributed by atoms with E-state index in [0.29, 0.717) is 30.7 Å². The lowest BCUT2D eigenvalue weighted by Crippen LogP contribution is -2.40. The topological polar surface area (TPSA) is 87.8 Å². The van der Waals surface area contributed by atoms with E-state index in [-0.39, 0.29) is 18.2 Å². The highest BCUT2D eigenvalue weighted by Crippen LogP contribution is 2.23. The van der Waals surface area contributed by atoms with Crippen LogP contribution in [0, 0.1) is 12.8 Å². The first kappa shape index (κ1) is 15.5. The van der Waals surface area contributed by atoms with Crippen LogP contribution in [0.15, 0.2) is 18.5 Å². The smallest absolute Gasteiger partial charge is 0.303 e. The average Bonchev–Trinajstić information content (AvgIpc) is 2.95. The van der Waals surface area contributed by atoms with Crippen LogP contribution in [-0.4, -0.2) is 49.6 Å². The Hall–Kier alpha value is -2.44. The molecule has 2 aromatic heterocycles. The molecule has 122 valence electrons. The van der Waals surface area contributed by atoms with Crippen LogP contribution in [0.2, 0.25) is 0 Å². The fourth-order valence-electron chi connectivity index (χ4n) is 3.09. The molecule has 0 aliphatic carbocycles. The van der Waals surface area contributed by atoms with Crippen molar-refractivity contribution in [2.24, 2.45) is 5.92 Å². The Balaban J connectivity index is 1.76. The number of fused-ring (bicyclic) bond motifs is 1. The lowest BCUT2D eigenvalue weighted by atomic mass is 9.93. The first-order valence-electron chi connectivity index (χ1n) is 7.86. The highest BCUT2D eigenvalue weighted by Gasteiger charge is 2.27. The zero-order valence-electron chi connectivity index (χ0n) is 13.1. The molecule has 1 aliphatic heterocycles.